The summed E-state index contributed by atoms with van der Waals surface area (Å²) in [5, 5.41) is 0. The summed E-state index contributed by atoms with van der Waals surface area (Å²) >= 11 is 0. The maximum absolute atomic E-state index is 6.16. The van der Waals surface area contributed by atoms with Crippen molar-refractivity contribution in [1.29, 1.82) is 0 Å². The normalized spacial score (nSPS) is 15.9. The Bertz CT molecular complexity index is 479. The molecule has 0 radical (unpaired) electrons. The standard InChI is InChI=1S/C17H23NO2/c1-19-16-10-11-17(14(13-16)7-6-12-18)20-15-8-4-2-3-5-9-15/h10-11,13,15H,2-5,8-9,12,18H2,1H3. The lowest BCUT2D eigenvalue weighted by Gasteiger charge is -2.18. The van der Waals surface area contributed by atoms with Gasteiger partial charge in [-0.2, -0.15) is 0 Å². The van der Waals surface area contributed by atoms with E-state index in [2.05, 4.69) is 11.8 Å². The molecule has 0 bridgehead atoms. The molecule has 2 rings (SSSR count). The number of ether oxygens (including phenoxy) is 2. The Morgan fingerprint density at radius 1 is 1.20 bits per heavy atom. The van der Waals surface area contributed by atoms with Crippen LogP contribution in [-0.2, 0) is 0 Å². The highest BCUT2D eigenvalue weighted by Gasteiger charge is 2.15. The Kier molecular flexibility index (Phi) is 5.76. The van der Waals surface area contributed by atoms with Gasteiger partial charge in [0.05, 0.1) is 25.3 Å². The molecule has 1 aliphatic carbocycles. The molecule has 0 spiro atoms. The molecule has 1 aliphatic rings. The highest BCUT2D eigenvalue weighted by Crippen LogP contribution is 2.28. The maximum Gasteiger partial charge on any atom is 0.135 e. The van der Waals surface area contributed by atoms with Crippen LogP contribution in [0.5, 0.6) is 11.5 Å². The van der Waals surface area contributed by atoms with Gasteiger partial charge in [0.15, 0.2) is 0 Å². The maximum atomic E-state index is 6.16. The average molecular weight is 273 g/mol. The fourth-order valence-corrected chi connectivity index (χ4v) is 2.52. The molecule has 0 aromatic heterocycles. The molecule has 1 aromatic rings. The van der Waals surface area contributed by atoms with Gasteiger partial charge in [0.2, 0.25) is 0 Å². The molecule has 108 valence electrons. The number of methoxy groups -OCH3 is 1. The lowest BCUT2D eigenvalue weighted by molar-refractivity contribution is 0.183. The molecular formula is C17H23NO2. The van der Waals surface area contributed by atoms with Crippen LogP contribution >= 0.6 is 0 Å². The van der Waals surface area contributed by atoms with Crippen molar-refractivity contribution >= 4 is 0 Å². The molecule has 0 amide bonds. The largest absolute Gasteiger partial charge is 0.497 e. The number of rotatable bonds is 3. The van der Waals surface area contributed by atoms with Crippen molar-refractivity contribution in [3.8, 4) is 23.3 Å². The van der Waals surface area contributed by atoms with Crippen molar-refractivity contribution in [2.45, 2.75) is 44.6 Å². The third-order valence-corrected chi connectivity index (χ3v) is 3.61. The highest BCUT2D eigenvalue weighted by molar-refractivity contribution is 5.50. The van der Waals surface area contributed by atoms with Gasteiger partial charge < -0.3 is 15.2 Å². The highest BCUT2D eigenvalue weighted by atomic mass is 16.5. The zero-order valence-electron chi connectivity index (χ0n) is 12.2. The van der Waals surface area contributed by atoms with E-state index in [1.807, 2.05) is 18.2 Å². The summed E-state index contributed by atoms with van der Waals surface area (Å²) in [5.41, 5.74) is 6.32. The second-order valence-electron chi connectivity index (χ2n) is 5.10. The molecule has 1 aromatic carbocycles. The summed E-state index contributed by atoms with van der Waals surface area (Å²) < 4.78 is 11.4. The van der Waals surface area contributed by atoms with Gasteiger partial charge in [-0.25, -0.2) is 0 Å². The molecule has 1 fully saturated rings. The zero-order valence-corrected chi connectivity index (χ0v) is 12.2. The van der Waals surface area contributed by atoms with Crippen molar-refractivity contribution in [2.24, 2.45) is 5.73 Å². The minimum absolute atomic E-state index is 0.310. The monoisotopic (exact) mass is 273 g/mol. The third kappa shape index (κ3) is 4.18. The molecule has 3 nitrogen and oxygen atoms in total. The van der Waals surface area contributed by atoms with E-state index in [1.54, 1.807) is 7.11 Å². The zero-order chi connectivity index (χ0) is 14.2. The fourth-order valence-electron chi connectivity index (χ4n) is 2.52. The van der Waals surface area contributed by atoms with E-state index < -0.39 is 0 Å². The molecule has 0 aliphatic heterocycles. The lowest BCUT2D eigenvalue weighted by atomic mass is 10.1. The topological polar surface area (TPSA) is 44.5 Å². The van der Waals surface area contributed by atoms with Gasteiger partial charge in [0.1, 0.15) is 11.5 Å². The van der Waals surface area contributed by atoms with Gasteiger partial charge in [-0.15, -0.1) is 0 Å². The van der Waals surface area contributed by atoms with E-state index in [0.29, 0.717) is 12.6 Å². The summed E-state index contributed by atoms with van der Waals surface area (Å²) in [6.45, 7) is 0.347. The van der Waals surface area contributed by atoms with Crippen molar-refractivity contribution < 1.29 is 9.47 Å². The van der Waals surface area contributed by atoms with Crippen LogP contribution in [-0.4, -0.2) is 19.8 Å². The quantitative estimate of drug-likeness (QED) is 0.680. The van der Waals surface area contributed by atoms with Crippen LogP contribution in [0, 0.1) is 11.8 Å². The van der Waals surface area contributed by atoms with E-state index in [9.17, 15) is 0 Å². The van der Waals surface area contributed by atoms with Crippen LogP contribution in [0.4, 0.5) is 0 Å². The van der Waals surface area contributed by atoms with Gasteiger partial charge in [0, 0.05) is 0 Å². The first kappa shape index (κ1) is 14.7. The second-order valence-corrected chi connectivity index (χ2v) is 5.10. The smallest absolute Gasteiger partial charge is 0.135 e. The van der Waals surface area contributed by atoms with Gasteiger partial charge in [-0.05, 0) is 43.9 Å². The Morgan fingerprint density at radius 3 is 2.60 bits per heavy atom. The number of benzene rings is 1. The summed E-state index contributed by atoms with van der Waals surface area (Å²) in [6.07, 6.45) is 7.73. The van der Waals surface area contributed by atoms with Gasteiger partial charge >= 0.3 is 0 Å². The van der Waals surface area contributed by atoms with Crippen LogP contribution in [0.25, 0.3) is 0 Å². The van der Waals surface area contributed by atoms with Gasteiger partial charge in [-0.3, -0.25) is 0 Å². The van der Waals surface area contributed by atoms with Crippen LogP contribution < -0.4 is 15.2 Å². The molecule has 0 atom stereocenters. The SMILES string of the molecule is COc1ccc(OC2CCCCCC2)c(C#CCN)c1. The molecule has 0 unspecified atom stereocenters. The first-order valence-electron chi connectivity index (χ1n) is 7.37. The van der Waals surface area contributed by atoms with Gasteiger partial charge in [-0.1, -0.05) is 24.7 Å². The summed E-state index contributed by atoms with van der Waals surface area (Å²) in [7, 11) is 1.65. The summed E-state index contributed by atoms with van der Waals surface area (Å²) in [5.74, 6) is 7.60. The molecule has 2 N–H and O–H groups in total. The van der Waals surface area contributed by atoms with Crippen LogP contribution in [0.3, 0.4) is 0 Å². The predicted octanol–water partition coefficient (Wildman–Crippen LogP) is 3.11. The lowest BCUT2D eigenvalue weighted by Crippen LogP contribution is -2.15. The van der Waals surface area contributed by atoms with Crippen LogP contribution in [0.2, 0.25) is 0 Å². The first-order valence-corrected chi connectivity index (χ1v) is 7.37. The minimum Gasteiger partial charge on any atom is -0.497 e. The Balaban J connectivity index is 2.16. The van der Waals surface area contributed by atoms with Crippen molar-refractivity contribution in [3.05, 3.63) is 23.8 Å². The number of hydrogen-bond donors (Lipinski definition) is 1. The summed E-state index contributed by atoms with van der Waals surface area (Å²) in [6, 6.07) is 5.78. The van der Waals surface area contributed by atoms with E-state index in [0.717, 1.165) is 29.9 Å². The molecule has 1 saturated carbocycles. The molecule has 0 saturated heterocycles. The Morgan fingerprint density at radius 2 is 1.95 bits per heavy atom. The minimum atomic E-state index is 0.310. The average Bonchev–Trinajstić information content (AvgIpc) is 2.75. The molecule has 3 heteroatoms. The second kappa shape index (κ2) is 7.81. The predicted molar refractivity (Wildman–Crippen MR) is 81.0 cm³/mol. The molecule has 20 heavy (non-hydrogen) atoms. The Hall–Kier alpha value is -1.66. The molecule has 0 heterocycles. The number of hydrogen-bond acceptors (Lipinski definition) is 3. The van der Waals surface area contributed by atoms with E-state index in [4.69, 9.17) is 15.2 Å². The van der Waals surface area contributed by atoms with Crippen molar-refractivity contribution in [3.63, 3.8) is 0 Å². The van der Waals surface area contributed by atoms with E-state index in [-0.39, 0.29) is 0 Å². The third-order valence-electron chi connectivity index (χ3n) is 3.61. The molecular weight excluding hydrogens is 250 g/mol. The van der Waals surface area contributed by atoms with Crippen molar-refractivity contribution in [2.75, 3.05) is 13.7 Å². The van der Waals surface area contributed by atoms with Crippen LogP contribution in [0.15, 0.2) is 18.2 Å². The summed E-state index contributed by atoms with van der Waals surface area (Å²) in [4.78, 5) is 0. The van der Waals surface area contributed by atoms with E-state index >= 15 is 0 Å². The van der Waals surface area contributed by atoms with Gasteiger partial charge in [0.25, 0.3) is 0 Å². The first-order chi connectivity index (χ1) is 9.83. The fraction of sp³-hybridized carbons (Fsp3) is 0.529. The number of nitrogens with two attached hydrogens (primary N) is 1. The van der Waals surface area contributed by atoms with Crippen molar-refractivity contribution in [1.82, 2.24) is 0 Å². The van der Waals surface area contributed by atoms with Crippen LogP contribution in [0.1, 0.15) is 44.1 Å². The van der Waals surface area contributed by atoms with E-state index in [1.165, 1.54) is 25.7 Å². The Labute approximate surface area is 121 Å².